The fraction of sp³-hybridized carbons (Fsp3) is 0.417. The molecule has 1 aromatic rings. The minimum Gasteiger partial charge on any atom is -0.338 e. The number of carbonyl (C=O) groups is 1. The second-order valence-corrected chi connectivity index (χ2v) is 6.96. The Kier molecular flexibility index (Phi) is 4.22. The molecule has 0 saturated carbocycles. The molecule has 1 fully saturated rings. The van der Waals surface area contributed by atoms with E-state index in [1.807, 2.05) is 0 Å². The molecule has 1 unspecified atom stereocenters. The molecular formula is C12H14F2N2O3S. The third-order valence-corrected chi connectivity index (χ3v) is 4.89. The largest absolute Gasteiger partial charge is 0.338 e. The van der Waals surface area contributed by atoms with Gasteiger partial charge in [0.1, 0.15) is 11.6 Å². The highest BCUT2D eigenvalue weighted by atomic mass is 32.2. The zero-order valence-corrected chi connectivity index (χ0v) is 11.3. The van der Waals surface area contributed by atoms with Gasteiger partial charge in [0.05, 0.1) is 17.2 Å². The summed E-state index contributed by atoms with van der Waals surface area (Å²) < 4.78 is 48.5. The van der Waals surface area contributed by atoms with Gasteiger partial charge in [0.2, 0.25) is 0 Å². The van der Waals surface area contributed by atoms with E-state index in [1.165, 1.54) is 0 Å². The fourth-order valence-corrected chi connectivity index (χ4v) is 3.89. The van der Waals surface area contributed by atoms with Crippen LogP contribution in [0.5, 0.6) is 0 Å². The van der Waals surface area contributed by atoms with Gasteiger partial charge in [-0.05, 0) is 24.5 Å². The molecule has 0 aromatic heterocycles. The number of benzene rings is 1. The van der Waals surface area contributed by atoms with Crippen LogP contribution in [0.2, 0.25) is 0 Å². The van der Waals surface area contributed by atoms with Gasteiger partial charge in [0.15, 0.2) is 9.84 Å². The smallest absolute Gasteiger partial charge is 0.319 e. The van der Waals surface area contributed by atoms with Crippen LogP contribution in [-0.4, -0.2) is 32.5 Å². The molecule has 1 aliphatic rings. The number of nitrogens with one attached hydrogen (secondary N) is 2. The molecular weight excluding hydrogens is 290 g/mol. The normalized spacial score (nSPS) is 20.6. The lowest BCUT2D eigenvalue weighted by atomic mass is 10.1. The quantitative estimate of drug-likeness (QED) is 0.889. The number of amides is 2. The van der Waals surface area contributed by atoms with Crippen molar-refractivity contribution >= 4 is 21.6 Å². The van der Waals surface area contributed by atoms with E-state index < -0.39 is 27.5 Å². The van der Waals surface area contributed by atoms with E-state index in [2.05, 4.69) is 10.6 Å². The van der Waals surface area contributed by atoms with Crippen LogP contribution < -0.4 is 10.6 Å². The van der Waals surface area contributed by atoms with Crippen molar-refractivity contribution in [2.24, 2.45) is 5.92 Å². The summed E-state index contributed by atoms with van der Waals surface area (Å²) in [6.45, 7) is 0.202. The van der Waals surface area contributed by atoms with Gasteiger partial charge in [-0.3, -0.25) is 0 Å². The Bertz CT molecular complexity index is 619. The Morgan fingerprint density at radius 3 is 2.70 bits per heavy atom. The molecule has 0 radical (unpaired) electrons. The molecule has 20 heavy (non-hydrogen) atoms. The van der Waals surface area contributed by atoms with Crippen LogP contribution in [-0.2, 0) is 9.84 Å². The summed E-state index contributed by atoms with van der Waals surface area (Å²) in [6, 6.07) is 2.16. The van der Waals surface area contributed by atoms with E-state index in [9.17, 15) is 22.0 Å². The van der Waals surface area contributed by atoms with Gasteiger partial charge in [0, 0.05) is 12.6 Å². The Morgan fingerprint density at radius 1 is 1.35 bits per heavy atom. The summed E-state index contributed by atoms with van der Waals surface area (Å²) in [5, 5.41) is 4.72. The van der Waals surface area contributed by atoms with Crippen molar-refractivity contribution in [2.45, 2.75) is 6.42 Å². The maximum absolute atomic E-state index is 13.3. The molecule has 0 bridgehead atoms. The summed E-state index contributed by atoms with van der Waals surface area (Å²) >= 11 is 0. The third-order valence-electron chi connectivity index (χ3n) is 3.06. The van der Waals surface area contributed by atoms with Crippen molar-refractivity contribution in [1.29, 1.82) is 0 Å². The standard InChI is InChI=1S/C12H14F2N2O3S/c13-9-1-2-11(10(14)5-9)16-12(17)15-6-8-3-4-20(18,19)7-8/h1-2,5,8H,3-4,6-7H2,(H2,15,16,17). The summed E-state index contributed by atoms with van der Waals surface area (Å²) in [7, 11) is -2.99. The first kappa shape index (κ1) is 14.7. The van der Waals surface area contributed by atoms with E-state index in [4.69, 9.17) is 0 Å². The zero-order chi connectivity index (χ0) is 14.8. The fourth-order valence-electron chi connectivity index (χ4n) is 2.03. The number of carbonyl (C=O) groups excluding carboxylic acids is 1. The van der Waals surface area contributed by atoms with Crippen LogP contribution in [0, 0.1) is 17.6 Å². The molecule has 1 atom stereocenters. The van der Waals surface area contributed by atoms with E-state index in [0.29, 0.717) is 12.5 Å². The summed E-state index contributed by atoms with van der Waals surface area (Å²) in [4.78, 5) is 11.5. The van der Waals surface area contributed by atoms with Crippen molar-refractivity contribution in [3.05, 3.63) is 29.8 Å². The van der Waals surface area contributed by atoms with Crippen LogP contribution in [0.1, 0.15) is 6.42 Å². The van der Waals surface area contributed by atoms with Crippen molar-refractivity contribution < 1.29 is 22.0 Å². The first-order chi connectivity index (χ1) is 9.35. The first-order valence-corrected chi connectivity index (χ1v) is 7.88. The maximum Gasteiger partial charge on any atom is 0.319 e. The summed E-state index contributed by atoms with van der Waals surface area (Å²) in [6.07, 6.45) is 0.507. The van der Waals surface area contributed by atoms with Gasteiger partial charge >= 0.3 is 6.03 Å². The number of hydrogen-bond donors (Lipinski definition) is 2. The highest BCUT2D eigenvalue weighted by Gasteiger charge is 2.27. The highest BCUT2D eigenvalue weighted by Crippen LogP contribution is 2.18. The van der Waals surface area contributed by atoms with Crippen LogP contribution in [0.3, 0.4) is 0 Å². The van der Waals surface area contributed by atoms with Crippen LogP contribution in [0.25, 0.3) is 0 Å². The number of rotatable bonds is 3. The predicted molar refractivity (Wildman–Crippen MR) is 70.1 cm³/mol. The van der Waals surface area contributed by atoms with Crippen molar-refractivity contribution in [1.82, 2.24) is 5.32 Å². The maximum atomic E-state index is 13.3. The van der Waals surface area contributed by atoms with Gasteiger partial charge in [-0.15, -0.1) is 0 Å². The van der Waals surface area contributed by atoms with Crippen LogP contribution >= 0.6 is 0 Å². The van der Waals surface area contributed by atoms with Gasteiger partial charge in [-0.25, -0.2) is 22.0 Å². The van der Waals surface area contributed by atoms with E-state index in [1.54, 1.807) is 0 Å². The minimum atomic E-state index is -2.99. The Balaban J connectivity index is 1.84. The molecule has 1 heterocycles. The number of urea groups is 1. The Labute approximate surface area is 115 Å². The van der Waals surface area contributed by atoms with Crippen molar-refractivity contribution in [3.63, 3.8) is 0 Å². The molecule has 2 amide bonds. The van der Waals surface area contributed by atoms with E-state index >= 15 is 0 Å². The third kappa shape index (κ3) is 3.89. The Hall–Kier alpha value is -1.70. The first-order valence-electron chi connectivity index (χ1n) is 6.06. The predicted octanol–water partition coefficient (Wildman–Crippen LogP) is 1.52. The number of hydrogen-bond acceptors (Lipinski definition) is 3. The van der Waals surface area contributed by atoms with E-state index in [-0.39, 0.29) is 29.7 Å². The SMILES string of the molecule is O=C(NCC1CCS(=O)(=O)C1)Nc1ccc(F)cc1F. The van der Waals surface area contributed by atoms with Crippen LogP contribution in [0.4, 0.5) is 19.3 Å². The average molecular weight is 304 g/mol. The number of halogens is 2. The van der Waals surface area contributed by atoms with Crippen molar-refractivity contribution in [3.8, 4) is 0 Å². The molecule has 1 aromatic carbocycles. The molecule has 1 saturated heterocycles. The zero-order valence-electron chi connectivity index (χ0n) is 10.5. The molecule has 1 aliphatic heterocycles. The molecule has 8 heteroatoms. The molecule has 0 spiro atoms. The van der Waals surface area contributed by atoms with Gasteiger partial charge in [-0.1, -0.05) is 0 Å². The van der Waals surface area contributed by atoms with Crippen molar-refractivity contribution in [2.75, 3.05) is 23.4 Å². The number of anilines is 1. The molecule has 110 valence electrons. The molecule has 5 nitrogen and oxygen atoms in total. The highest BCUT2D eigenvalue weighted by molar-refractivity contribution is 7.91. The van der Waals surface area contributed by atoms with E-state index in [0.717, 1.165) is 12.1 Å². The minimum absolute atomic E-state index is 0.0538. The topological polar surface area (TPSA) is 75.3 Å². The van der Waals surface area contributed by atoms with Gasteiger partial charge in [0.25, 0.3) is 0 Å². The molecule has 0 aliphatic carbocycles. The second kappa shape index (κ2) is 5.74. The lowest BCUT2D eigenvalue weighted by Crippen LogP contribution is -2.33. The lowest BCUT2D eigenvalue weighted by molar-refractivity contribution is 0.250. The average Bonchev–Trinajstić information content (AvgIpc) is 2.70. The van der Waals surface area contributed by atoms with Gasteiger partial charge < -0.3 is 10.6 Å². The monoisotopic (exact) mass is 304 g/mol. The molecule has 2 rings (SSSR count). The van der Waals surface area contributed by atoms with Gasteiger partial charge in [-0.2, -0.15) is 0 Å². The second-order valence-electron chi connectivity index (χ2n) is 4.73. The summed E-state index contributed by atoms with van der Waals surface area (Å²) in [5.41, 5.74) is -0.136. The molecule has 2 N–H and O–H groups in total. The Morgan fingerprint density at radius 2 is 2.10 bits per heavy atom. The summed E-state index contributed by atoms with van der Waals surface area (Å²) in [5.74, 6) is -1.54. The lowest BCUT2D eigenvalue weighted by Gasteiger charge is -2.11. The van der Waals surface area contributed by atoms with Crippen LogP contribution in [0.15, 0.2) is 18.2 Å². The number of sulfone groups is 1.